The summed E-state index contributed by atoms with van der Waals surface area (Å²) in [7, 11) is 0. The maximum Gasteiger partial charge on any atom is 0.261 e. The molecule has 0 aromatic carbocycles. The van der Waals surface area contributed by atoms with Gasteiger partial charge in [0.2, 0.25) is 0 Å². The second-order valence-corrected chi connectivity index (χ2v) is 5.12. The van der Waals surface area contributed by atoms with E-state index in [1.54, 1.807) is 6.92 Å². The standard InChI is InChI=1S/C16H23N3O2/c1-6-9-17-16(20)13(5)21-15-8-7-12(4)19-14(15)10-18-11(2)3/h1,7-8,11,13,18H,9-10H2,2-5H3,(H,17,20). The summed E-state index contributed by atoms with van der Waals surface area (Å²) in [6.07, 6.45) is 4.49. The van der Waals surface area contributed by atoms with Gasteiger partial charge in [-0.05, 0) is 26.0 Å². The number of hydrogen-bond donors (Lipinski definition) is 2. The third-order valence-electron chi connectivity index (χ3n) is 2.79. The smallest absolute Gasteiger partial charge is 0.261 e. The highest BCUT2D eigenvalue weighted by Crippen LogP contribution is 2.18. The number of carbonyl (C=O) groups is 1. The summed E-state index contributed by atoms with van der Waals surface area (Å²) >= 11 is 0. The maximum atomic E-state index is 11.8. The number of aromatic nitrogens is 1. The van der Waals surface area contributed by atoms with Crippen LogP contribution < -0.4 is 15.4 Å². The molecule has 0 radical (unpaired) electrons. The summed E-state index contributed by atoms with van der Waals surface area (Å²) in [6, 6.07) is 4.04. The predicted molar refractivity (Wildman–Crippen MR) is 82.9 cm³/mol. The quantitative estimate of drug-likeness (QED) is 0.745. The number of ether oxygens (including phenoxy) is 1. The zero-order valence-corrected chi connectivity index (χ0v) is 13.1. The minimum atomic E-state index is -0.624. The van der Waals surface area contributed by atoms with Crippen LogP contribution in [0.5, 0.6) is 5.75 Å². The van der Waals surface area contributed by atoms with Crippen LogP contribution in [0.4, 0.5) is 0 Å². The first-order valence-electron chi connectivity index (χ1n) is 7.01. The van der Waals surface area contributed by atoms with Gasteiger partial charge in [0.15, 0.2) is 6.10 Å². The molecule has 1 aromatic rings. The van der Waals surface area contributed by atoms with E-state index in [1.807, 2.05) is 19.1 Å². The van der Waals surface area contributed by atoms with Gasteiger partial charge in [0.1, 0.15) is 5.75 Å². The number of aryl methyl sites for hydroxylation is 1. The van der Waals surface area contributed by atoms with Crippen LogP contribution in [0, 0.1) is 19.3 Å². The van der Waals surface area contributed by atoms with E-state index < -0.39 is 6.10 Å². The summed E-state index contributed by atoms with van der Waals surface area (Å²) in [5, 5.41) is 5.89. The molecule has 0 aliphatic heterocycles. The van der Waals surface area contributed by atoms with Crippen molar-refractivity contribution in [2.24, 2.45) is 0 Å². The fraction of sp³-hybridized carbons (Fsp3) is 0.500. The topological polar surface area (TPSA) is 63.2 Å². The molecule has 2 N–H and O–H groups in total. The average Bonchev–Trinajstić information content (AvgIpc) is 2.44. The molecule has 1 heterocycles. The maximum absolute atomic E-state index is 11.8. The number of amides is 1. The Morgan fingerprint density at radius 2 is 2.14 bits per heavy atom. The lowest BCUT2D eigenvalue weighted by molar-refractivity contribution is -0.127. The Morgan fingerprint density at radius 3 is 2.76 bits per heavy atom. The van der Waals surface area contributed by atoms with Crippen molar-refractivity contribution in [2.75, 3.05) is 6.54 Å². The van der Waals surface area contributed by atoms with Crippen molar-refractivity contribution >= 4 is 5.91 Å². The number of pyridine rings is 1. The number of nitrogens with zero attached hydrogens (tertiary/aromatic N) is 1. The van der Waals surface area contributed by atoms with Crippen LogP contribution >= 0.6 is 0 Å². The molecule has 0 saturated heterocycles. The molecule has 0 aliphatic rings. The molecule has 5 heteroatoms. The van der Waals surface area contributed by atoms with E-state index in [2.05, 4.69) is 35.4 Å². The highest BCUT2D eigenvalue weighted by molar-refractivity contribution is 5.80. The second kappa shape index (κ2) is 8.28. The largest absolute Gasteiger partial charge is 0.479 e. The van der Waals surface area contributed by atoms with E-state index in [0.717, 1.165) is 11.4 Å². The Labute approximate surface area is 126 Å². The Bertz CT molecular complexity index is 521. The zero-order chi connectivity index (χ0) is 15.8. The summed E-state index contributed by atoms with van der Waals surface area (Å²) in [5.74, 6) is 2.73. The van der Waals surface area contributed by atoms with Gasteiger partial charge >= 0.3 is 0 Å². The molecule has 1 rings (SSSR count). The Morgan fingerprint density at radius 1 is 1.43 bits per heavy atom. The van der Waals surface area contributed by atoms with Gasteiger partial charge in [-0.15, -0.1) is 6.42 Å². The molecule has 0 fully saturated rings. The van der Waals surface area contributed by atoms with Gasteiger partial charge in [-0.3, -0.25) is 9.78 Å². The lowest BCUT2D eigenvalue weighted by Crippen LogP contribution is -2.36. The van der Waals surface area contributed by atoms with Crippen molar-refractivity contribution in [1.29, 1.82) is 0 Å². The second-order valence-electron chi connectivity index (χ2n) is 5.12. The monoisotopic (exact) mass is 289 g/mol. The van der Waals surface area contributed by atoms with E-state index in [-0.39, 0.29) is 12.5 Å². The van der Waals surface area contributed by atoms with Crippen LogP contribution in [-0.2, 0) is 11.3 Å². The van der Waals surface area contributed by atoms with Gasteiger partial charge < -0.3 is 15.4 Å². The molecule has 0 bridgehead atoms. The van der Waals surface area contributed by atoms with Crippen LogP contribution in [0.25, 0.3) is 0 Å². The highest BCUT2D eigenvalue weighted by Gasteiger charge is 2.16. The number of rotatable bonds is 7. The lowest BCUT2D eigenvalue weighted by Gasteiger charge is -2.17. The van der Waals surface area contributed by atoms with Gasteiger partial charge in [0.05, 0.1) is 12.2 Å². The van der Waals surface area contributed by atoms with Crippen LogP contribution in [0.15, 0.2) is 12.1 Å². The minimum Gasteiger partial charge on any atom is -0.479 e. The number of carbonyl (C=O) groups excluding carboxylic acids is 1. The first-order chi connectivity index (χ1) is 9.93. The third kappa shape index (κ3) is 5.84. The summed E-state index contributed by atoms with van der Waals surface area (Å²) in [5.41, 5.74) is 1.70. The van der Waals surface area contributed by atoms with Crippen molar-refractivity contribution in [1.82, 2.24) is 15.6 Å². The fourth-order valence-electron chi connectivity index (χ4n) is 1.66. The Balaban J connectivity index is 2.77. The van der Waals surface area contributed by atoms with Crippen LogP contribution in [0.3, 0.4) is 0 Å². The van der Waals surface area contributed by atoms with Gasteiger partial charge in [0, 0.05) is 18.3 Å². The molecule has 0 saturated carbocycles. The summed E-state index contributed by atoms with van der Waals surface area (Å²) in [6.45, 7) is 8.52. The fourth-order valence-corrected chi connectivity index (χ4v) is 1.66. The van der Waals surface area contributed by atoms with Crippen molar-refractivity contribution in [3.05, 3.63) is 23.5 Å². The normalized spacial score (nSPS) is 11.8. The Hall–Kier alpha value is -2.06. The molecule has 114 valence electrons. The molecule has 5 nitrogen and oxygen atoms in total. The van der Waals surface area contributed by atoms with Crippen LogP contribution in [-0.4, -0.2) is 29.6 Å². The van der Waals surface area contributed by atoms with Crippen LogP contribution in [0.2, 0.25) is 0 Å². The van der Waals surface area contributed by atoms with E-state index in [9.17, 15) is 4.79 Å². The number of hydrogen-bond acceptors (Lipinski definition) is 4. The van der Waals surface area contributed by atoms with Crippen molar-refractivity contribution in [3.8, 4) is 18.1 Å². The minimum absolute atomic E-state index is 0.195. The predicted octanol–water partition coefficient (Wildman–Crippen LogP) is 1.40. The molecule has 1 atom stereocenters. The van der Waals surface area contributed by atoms with E-state index in [1.165, 1.54) is 0 Å². The molecule has 1 unspecified atom stereocenters. The first-order valence-corrected chi connectivity index (χ1v) is 7.01. The van der Waals surface area contributed by atoms with Gasteiger partial charge in [0.25, 0.3) is 5.91 Å². The molecular formula is C16H23N3O2. The number of terminal acetylenes is 1. The van der Waals surface area contributed by atoms with E-state index in [0.29, 0.717) is 18.3 Å². The molecule has 1 amide bonds. The molecular weight excluding hydrogens is 266 g/mol. The molecule has 1 aromatic heterocycles. The molecule has 21 heavy (non-hydrogen) atoms. The summed E-state index contributed by atoms with van der Waals surface area (Å²) in [4.78, 5) is 16.3. The lowest BCUT2D eigenvalue weighted by atomic mass is 10.2. The van der Waals surface area contributed by atoms with Crippen molar-refractivity contribution < 1.29 is 9.53 Å². The van der Waals surface area contributed by atoms with Crippen molar-refractivity contribution in [3.63, 3.8) is 0 Å². The van der Waals surface area contributed by atoms with Gasteiger partial charge in [-0.25, -0.2) is 0 Å². The molecule has 0 aliphatic carbocycles. The van der Waals surface area contributed by atoms with Gasteiger partial charge in [-0.2, -0.15) is 0 Å². The zero-order valence-electron chi connectivity index (χ0n) is 13.1. The summed E-state index contributed by atoms with van der Waals surface area (Å²) < 4.78 is 5.71. The highest BCUT2D eigenvalue weighted by atomic mass is 16.5. The molecule has 0 spiro atoms. The first kappa shape index (κ1) is 17.0. The third-order valence-corrected chi connectivity index (χ3v) is 2.79. The average molecular weight is 289 g/mol. The van der Waals surface area contributed by atoms with Crippen molar-refractivity contribution in [2.45, 2.75) is 46.4 Å². The van der Waals surface area contributed by atoms with Gasteiger partial charge in [-0.1, -0.05) is 19.8 Å². The van der Waals surface area contributed by atoms with E-state index >= 15 is 0 Å². The Kier molecular flexibility index (Phi) is 6.70. The van der Waals surface area contributed by atoms with Crippen LogP contribution in [0.1, 0.15) is 32.2 Å². The van der Waals surface area contributed by atoms with E-state index in [4.69, 9.17) is 11.2 Å². The number of nitrogens with one attached hydrogen (secondary N) is 2. The SMILES string of the molecule is C#CCNC(=O)C(C)Oc1ccc(C)nc1CNC(C)C.